The van der Waals surface area contributed by atoms with Gasteiger partial charge < -0.3 is 14.4 Å². The SMILES string of the molecule is COc1ccc(-c2ncn(CCC(=O)O)c2-c2ccsc2)cc1. The van der Waals surface area contributed by atoms with E-state index < -0.39 is 5.97 Å². The average Bonchev–Trinajstić information content (AvgIpc) is 3.22. The van der Waals surface area contributed by atoms with Crippen LogP contribution in [0.5, 0.6) is 5.75 Å². The summed E-state index contributed by atoms with van der Waals surface area (Å²) in [5.41, 5.74) is 3.80. The molecule has 2 heterocycles. The summed E-state index contributed by atoms with van der Waals surface area (Å²) in [6.07, 6.45) is 1.77. The minimum absolute atomic E-state index is 0.0650. The summed E-state index contributed by atoms with van der Waals surface area (Å²) in [6.45, 7) is 0.393. The smallest absolute Gasteiger partial charge is 0.305 e. The minimum Gasteiger partial charge on any atom is -0.497 e. The Morgan fingerprint density at radius 2 is 2.04 bits per heavy atom. The average molecular weight is 328 g/mol. The van der Waals surface area contributed by atoms with E-state index >= 15 is 0 Å². The van der Waals surface area contributed by atoms with E-state index in [1.165, 1.54) is 0 Å². The highest BCUT2D eigenvalue weighted by Crippen LogP contribution is 2.33. The lowest BCUT2D eigenvalue weighted by Gasteiger charge is -2.08. The third kappa shape index (κ3) is 3.27. The number of hydrogen-bond acceptors (Lipinski definition) is 4. The largest absolute Gasteiger partial charge is 0.497 e. The van der Waals surface area contributed by atoms with Gasteiger partial charge in [0.15, 0.2) is 0 Å². The molecule has 0 amide bonds. The van der Waals surface area contributed by atoms with E-state index in [-0.39, 0.29) is 6.42 Å². The third-order valence-electron chi connectivity index (χ3n) is 3.56. The summed E-state index contributed by atoms with van der Waals surface area (Å²) in [4.78, 5) is 15.4. The molecule has 0 radical (unpaired) electrons. The number of ether oxygens (including phenoxy) is 1. The number of carbonyl (C=O) groups is 1. The van der Waals surface area contributed by atoms with E-state index in [1.54, 1.807) is 24.8 Å². The Balaban J connectivity index is 2.03. The Morgan fingerprint density at radius 1 is 1.26 bits per heavy atom. The maximum absolute atomic E-state index is 10.9. The first-order chi connectivity index (χ1) is 11.2. The van der Waals surface area contributed by atoms with Crippen LogP contribution in [0.15, 0.2) is 47.4 Å². The van der Waals surface area contributed by atoms with Gasteiger partial charge in [-0.2, -0.15) is 11.3 Å². The molecule has 0 bridgehead atoms. The van der Waals surface area contributed by atoms with Crippen LogP contribution in [0.1, 0.15) is 6.42 Å². The molecule has 23 heavy (non-hydrogen) atoms. The lowest BCUT2D eigenvalue weighted by atomic mass is 10.1. The van der Waals surface area contributed by atoms with Gasteiger partial charge in [-0.3, -0.25) is 4.79 Å². The van der Waals surface area contributed by atoms with Gasteiger partial charge in [-0.25, -0.2) is 4.98 Å². The number of carboxylic acids is 1. The fraction of sp³-hybridized carbons (Fsp3) is 0.176. The van der Waals surface area contributed by atoms with Crippen LogP contribution >= 0.6 is 11.3 Å². The number of imidazole rings is 1. The molecule has 2 aromatic heterocycles. The molecule has 0 aliphatic carbocycles. The zero-order valence-corrected chi connectivity index (χ0v) is 13.4. The first-order valence-electron chi connectivity index (χ1n) is 7.13. The Morgan fingerprint density at radius 3 is 2.65 bits per heavy atom. The second-order valence-corrected chi connectivity index (χ2v) is 5.80. The number of thiophene rings is 1. The van der Waals surface area contributed by atoms with Crippen molar-refractivity contribution in [1.29, 1.82) is 0 Å². The summed E-state index contributed by atoms with van der Waals surface area (Å²) in [5.74, 6) is -0.0305. The zero-order valence-electron chi connectivity index (χ0n) is 12.6. The highest BCUT2D eigenvalue weighted by Gasteiger charge is 2.16. The van der Waals surface area contributed by atoms with E-state index in [9.17, 15) is 4.79 Å². The van der Waals surface area contributed by atoms with Gasteiger partial charge in [0.25, 0.3) is 0 Å². The molecule has 0 aliphatic heterocycles. The molecule has 1 aromatic carbocycles. The fourth-order valence-electron chi connectivity index (χ4n) is 2.43. The van der Waals surface area contributed by atoms with E-state index in [0.717, 1.165) is 28.3 Å². The monoisotopic (exact) mass is 328 g/mol. The van der Waals surface area contributed by atoms with Crippen LogP contribution in [-0.2, 0) is 11.3 Å². The Bertz CT molecular complexity index is 792. The van der Waals surface area contributed by atoms with E-state index in [0.29, 0.717) is 6.54 Å². The number of hydrogen-bond donors (Lipinski definition) is 1. The highest BCUT2D eigenvalue weighted by molar-refractivity contribution is 7.08. The number of rotatable bonds is 6. The quantitative estimate of drug-likeness (QED) is 0.748. The second-order valence-electron chi connectivity index (χ2n) is 5.02. The van der Waals surface area contributed by atoms with Crippen molar-refractivity contribution in [2.24, 2.45) is 0 Å². The molecule has 5 nitrogen and oxygen atoms in total. The van der Waals surface area contributed by atoms with Crippen molar-refractivity contribution in [3.8, 4) is 28.3 Å². The Labute approximate surface area is 137 Å². The summed E-state index contributed by atoms with van der Waals surface area (Å²) in [5, 5.41) is 13.0. The number of aliphatic carboxylic acids is 1. The number of aryl methyl sites for hydroxylation is 1. The highest BCUT2D eigenvalue weighted by atomic mass is 32.1. The number of nitrogens with zero attached hydrogens (tertiary/aromatic N) is 2. The topological polar surface area (TPSA) is 64.4 Å². The molecule has 3 aromatic rings. The molecule has 3 rings (SSSR count). The van der Waals surface area contributed by atoms with Gasteiger partial charge in [0.05, 0.1) is 31.2 Å². The van der Waals surface area contributed by atoms with Crippen LogP contribution in [0.3, 0.4) is 0 Å². The van der Waals surface area contributed by atoms with Crippen LogP contribution in [-0.4, -0.2) is 27.7 Å². The van der Waals surface area contributed by atoms with Crippen LogP contribution < -0.4 is 4.74 Å². The lowest BCUT2D eigenvalue weighted by molar-refractivity contribution is -0.137. The van der Waals surface area contributed by atoms with Crippen molar-refractivity contribution in [2.45, 2.75) is 13.0 Å². The van der Waals surface area contributed by atoms with E-state index in [4.69, 9.17) is 9.84 Å². The van der Waals surface area contributed by atoms with Crippen molar-refractivity contribution in [2.75, 3.05) is 7.11 Å². The third-order valence-corrected chi connectivity index (χ3v) is 4.25. The molecule has 118 valence electrons. The number of aromatic nitrogens is 2. The van der Waals surface area contributed by atoms with Gasteiger partial charge >= 0.3 is 5.97 Å². The number of benzene rings is 1. The summed E-state index contributed by atoms with van der Waals surface area (Å²) < 4.78 is 7.09. The molecule has 0 saturated carbocycles. The van der Waals surface area contributed by atoms with E-state index in [1.807, 2.05) is 45.7 Å². The molecule has 1 N–H and O–H groups in total. The molecule has 0 saturated heterocycles. The fourth-order valence-corrected chi connectivity index (χ4v) is 3.07. The molecular formula is C17H16N2O3S. The molecular weight excluding hydrogens is 312 g/mol. The van der Waals surface area contributed by atoms with Crippen molar-refractivity contribution < 1.29 is 14.6 Å². The van der Waals surface area contributed by atoms with Crippen molar-refractivity contribution in [1.82, 2.24) is 9.55 Å². The molecule has 0 atom stereocenters. The van der Waals surface area contributed by atoms with Gasteiger partial charge in [0.1, 0.15) is 5.75 Å². The summed E-state index contributed by atoms with van der Waals surface area (Å²) >= 11 is 1.60. The zero-order chi connectivity index (χ0) is 16.2. The summed E-state index contributed by atoms with van der Waals surface area (Å²) in [6, 6.07) is 9.72. The van der Waals surface area contributed by atoms with Crippen LogP contribution in [0.25, 0.3) is 22.5 Å². The predicted octanol–water partition coefficient (Wildman–Crippen LogP) is 3.76. The minimum atomic E-state index is -0.819. The van der Waals surface area contributed by atoms with Gasteiger partial charge in [-0.05, 0) is 35.7 Å². The lowest BCUT2D eigenvalue weighted by Crippen LogP contribution is -2.04. The van der Waals surface area contributed by atoms with Crippen molar-refractivity contribution in [3.05, 3.63) is 47.4 Å². The number of carboxylic acid groups (broad SMARTS) is 1. The first kappa shape index (κ1) is 15.3. The van der Waals surface area contributed by atoms with Gasteiger partial charge in [-0.1, -0.05) is 0 Å². The second kappa shape index (κ2) is 6.66. The van der Waals surface area contributed by atoms with Gasteiger partial charge in [0, 0.05) is 23.1 Å². The number of methoxy groups -OCH3 is 1. The van der Waals surface area contributed by atoms with Crippen molar-refractivity contribution in [3.63, 3.8) is 0 Å². The van der Waals surface area contributed by atoms with Crippen molar-refractivity contribution >= 4 is 17.3 Å². The Kier molecular flexibility index (Phi) is 4.43. The standard InChI is InChI=1S/C17H16N2O3S/c1-22-14-4-2-12(3-5-14)16-17(13-7-9-23-10-13)19(11-18-16)8-6-15(20)21/h2-5,7,9-11H,6,8H2,1H3,(H,20,21). The maximum Gasteiger partial charge on any atom is 0.305 e. The van der Waals surface area contributed by atoms with Gasteiger partial charge in [-0.15, -0.1) is 0 Å². The maximum atomic E-state index is 10.9. The molecule has 6 heteroatoms. The predicted molar refractivity (Wildman–Crippen MR) is 89.8 cm³/mol. The first-order valence-corrected chi connectivity index (χ1v) is 8.07. The molecule has 0 aliphatic rings. The Hall–Kier alpha value is -2.60. The molecule has 0 fully saturated rings. The van der Waals surface area contributed by atoms with Crippen LogP contribution in [0.2, 0.25) is 0 Å². The van der Waals surface area contributed by atoms with E-state index in [2.05, 4.69) is 4.98 Å². The molecule has 0 spiro atoms. The van der Waals surface area contributed by atoms with Crippen LogP contribution in [0.4, 0.5) is 0 Å². The van der Waals surface area contributed by atoms with Crippen LogP contribution in [0, 0.1) is 0 Å². The van der Waals surface area contributed by atoms with Gasteiger partial charge in [0.2, 0.25) is 0 Å². The summed E-state index contributed by atoms with van der Waals surface area (Å²) in [7, 11) is 1.63. The molecule has 0 unspecified atom stereocenters. The normalized spacial score (nSPS) is 10.7.